The van der Waals surface area contributed by atoms with Gasteiger partial charge < -0.3 is 10.6 Å². The summed E-state index contributed by atoms with van der Waals surface area (Å²) in [5, 5.41) is 5.00. The lowest BCUT2D eigenvalue weighted by molar-refractivity contribution is -0.139. The third kappa shape index (κ3) is 19.0. The van der Waals surface area contributed by atoms with Gasteiger partial charge in [-0.1, -0.05) is 36.1 Å². The van der Waals surface area contributed by atoms with Crippen LogP contribution in [-0.2, 0) is 52.4 Å². The summed E-state index contributed by atoms with van der Waals surface area (Å²) < 4.78 is 0. The number of hydrogen-bond acceptors (Lipinski definition) is 8. The molecule has 0 fully saturated rings. The van der Waals surface area contributed by atoms with Crippen LogP contribution in [0.4, 0.5) is 0 Å². The minimum absolute atomic E-state index is 0. The number of imide groups is 2. The maximum atomic E-state index is 11.0. The molecule has 0 aromatic carbocycles. The molecule has 2 N–H and O–H groups in total. The molecule has 0 saturated carbocycles. The van der Waals surface area contributed by atoms with E-state index in [9.17, 15) is 28.8 Å². The fourth-order valence-corrected chi connectivity index (χ4v) is 2.14. The topological polar surface area (TPSA) is 133 Å². The third-order valence-corrected chi connectivity index (χ3v) is 6.28. The van der Waals surface area contributed by atoms with Crippen molar-refractivity contribution in [3.63, 3.8) is 0 Å². The number of carbonyl (C=O) groups is 6. The predicted octanol–water partition coefficient (Wildman–Crippen LogP) is 3.14. The van der Waals surface area contributed by atoms with Crippen LogP contribution in [0.5, 0.6) is 0 Å². The summed E-state index contributed by atoms with van der Waals surface area (Å²) in [7, 11) is 3.25. The molecule has 10 nitrogen and oxygen atoms in total. The second-order valence-electron chi connectivity index (χ2n) is 5.61. The Morgan fingerprint density at radius 3 is 1.31 bits per heavy atom. The summed E-state index contributed by atoms with van der Waals surface area (Å²) in [5.41, 5.74) is 0. The van der Waals surface area contributed by atoms with Crippen molar-refractivity contribution in [2.45, 2.75) is 55.9 Å². The van der Waals surface area contributed by atoms with Gasteiger partial charge in [-0.2, -0.15) is 0 Å². The van der Waals surface area contributed by atoms with Crippen LogP contribution in [0.25, 0.3) is 0 Å². The van der Waals surface area contributed by atoms with Crippen molar-refractivity contribution in [3.8, 4) is 0 Å². The van der Waals surface area contributed by atoms with Crippen LogP contribution in [0, 0.1) is 0 Å². The molecule has 0 spiro atoms. The van der Waals surface area contributed by atoms with E-state index in [0.29, 0.717) is 6.54 Å². The van der Waals surface area contributed by atoms with E-state index in [-0.39, 0.29) is 83.7 Å². The Morgan fingerprint density at radius 2 is 1.06 bits per heavy atom. The van der Waals surface area contributed by atoms with Crippen LogP contribution in [0.1, 0.15) is 55.9 Å². The predicted molar refractivity (Wildman–Crippen MR) is 154 cm³/mol. The highest BCUT2D eigenvalue weighted by atomic mass is 32.7. The van der Waals surface area contributed by atoms with E-state index in [1.807, 2.05) is 20.8 Å². The second-order valence-corrected chi connectivity index (χ2v) is 9.86. The second kappa shape index (κ2) is 27.3. The van der Waals surface area contributed by atoms with Crippen molar-refractivity contribution in [2.75, 3.05) is 26.7 Å². The third-order valence-electron chi connectivity index (χ3n) is 3.61. The Morgan fingerprint density at radius 1 is 0.750 bits per heavy atom. The minimum atomic E-state index is -0.353. The molecule has 0 radical (unpaired) electrons. The van der Waals surface area contributed by atoms with Crippen molar-refractivity contribution in [1.29, 1.82) is 0 Å². The molecule has 2 heterocycles. The Balaban J connectivity index is -0.000000137. The molecule has 0 aliphatic carbocycles. The van der Waals surface area contributed by atoms with Gasteiger partial charge in [0.25, 0.3) is 23.6 Å². The van der Waals surface area contributed by atoms with Crippen molar-refractivity contribution in [3.05, 3.63) is 24.3 Å². The maximum Gasteiger partial charge on any atom is 0.253 e. The molecule has 6 amide bonds. The number of rotatable bonds is 8. The van der Waals surface area contributed by atoms with E-state index in [0.717, 1.165) is 23.9 Å². The molecule has 36 heavy (non-hydrogen) atoms. The summed E-state index contributed by atoms with van der Waals surface area (Å²) in [6, 6.07) is 0. The largest absolute Gasteiger partial charge is 0.359 e. The quantitative estimate of drug-likeness (QED) is 0.330. The Kier molecular flexibility index (Phi) is 33.2. The van der Waals surface area contributed by atoms with E-state index >= 15 is 0 Å². The molecule has 0 unspecified atom stereocenters. The molecule has 2 rings (SSSR count). The lowest BCUT2D eigenvalue weighted by Crippen LogP contribution is -2.34. The fraction of sp³-hybridized carbons (Fsp3) is 0.545. The Hall–Kier alpha value is -2.26. The van der Waals surface area contributed by atoms with Crippen LogP contribution in [0.15, 0.2) is 24.3 Å². The first-order valence-corrected chi connectivity index (χ1v) is 14.4. The number of carbonyl (C=O) groups excluding carboxylic acids is 6. The van der Waals surface area contributed by atoms with Gasteiger partial charge >= 0.3 is 0 Å². The minimum Gasteiger partial charge on any atom is -0.359 e. The van der Waals surface area contributed by atoms with Gasteiger partial charge in [0.05, 0.1) is 0 Å². The summed E-state index contributed by atoms with van der Waals surface area (Å²) in [4.78, 5) is 67.9. The molecule has 14 heteroatoms. The van der Waals surface area contributed by atoms with Gasteiger partial charge in [0.2, 0.25) is 11.8 Å². The first kappa shape index (κ1) is 43.8. The first-order valence-electron chi connectivity index (χ1n) is 9.91. The number of nitrogens with zero attached hydrogens (tertiary/aromatic N) is 2. The van der Waals surface area contributed by atoms with Gasteiger partial charge in [0.15, 0.2) is 0 Å². The molecule has 2 aliphatic heterocycles. The van der Waals surface area contributed by atoms with E-state index in [1.54, 1.807) is 0 Å². The molecule has 0 atom stereocenters. The smallest absolute Gasteiger partial charge is 0.253 e. The number of amides is 6. The van der Waals surface area contributed by atoms with E-state index in [4.69, 9.17) is 0 Å². The van der Waals surface area contributed by atoms with Crippen molar-refractivity contribution in [2.24, 2.45) is 0 Å². The van der Waals surface area contributed by atoms with Gasteiger partial charge in [0.1, 0.15) is 0 Å². The number of nitrogens with one attached hydrogen (secondary N) is 2. The highest BCUT2D eigenvalue weighted by Gasteiger charge is 2.24. The zero-order chi connectivity index (χ0) is 25.8. The summed E-state index contributed by atoms with van der Waals surface area (Å²) in [6.45, 7) is 6.66. The average molecular weight is 583 g/mol. The molecular weight excluding hydrogens is 542 g/mol. The Labute approximate surface area is 228 Å². The summed E-state index contributed by atoms with van der Waals surface area (Å²) in [6.07, 6.45) is 5.13. The summed E-state index contributed by atoms with van der Waals surface area (Å²) in [5.74, 6) is -1.74. The summed E-state index contributed by atoms with van der Waals surface area (Å²) >= 11 is 8.82. The van der Waals surface area contributed by atoms with E-state index < -0.39 is 0 Å². The standard InChI is InChI=1S/C9H12N2O3.C8H10N2O3.C2H6.3CH4.P2S2/c1-2-10-7(12)5-6-11-8(13)3-4-9(11)14;1-9-6(11)4-5-10-7(12)2-3-8(10)13;1-2;;;;3-1-2-4/h3-4H,2,5-6H2,1H3,(H,10,12);2-3H,4-5H2,1H3,(H,9,11);1-2H3;3*1H4;. The van der Waals surface area contributed by atoms with E-state index in [2.05, 4.69) is 34.2 Å². The van der Waals surface area contributed by atoms with Gasteiger partial charge in [-0.05, 0) is 30.5 Å². The van der Waals surface area contributed by atoms with Crippen LogP contribution >= 0.6 is 14.1 Å². The highest BCUT2D eigenvalue weighted by molar-refractivity contribution is 8.40. The van der Waals surface area contributed by atoms with Gasteiger partial charge in [-0.3, -0.25) is 38.6 Å². The molecular formula is C22H40N4O6P2S2. The lowest BCUT2D eigenvalue weighted by Gasteiger charge is -2.12. The van der Waals surface area contributed by atoms with E-state index in [1.165, 1.54) is 31.4 Å². The molecule has 206 valence electrons. The van der Waals surface area contributed by atoms with Crippen LogP contribution in [-0.4, -0.2) is 71.9 Å². The first-order chi connectivity index (χ1) is 15.7. The van der Waals surface area contributed by atoms with Crippen LogP contribution in [0.3, 0.4) is 0 Å². The SMILES string of the molecule is C.C.C.CC.CCNC(=O)CCN1C(=O)C=CC1=O.CNC(=O)CCN1C(=O)C=CC1=O.S=PP=S. The normalized spacial score (nSPS) is 12.6. The van der Waals surface area contributed by atoms with Gasteiger partial charge in [-0.15, -0.1) is 0 Å². The van der Waals surface area contributed by atoms with Crippen molar-refractivity contribution < 1.29 is 28.8 Å². The van der Waals surface area contributed by atoms with Crippen LogP contribution < -0.4 is 10.6 Å². The molecule has 0 aromatic rings. The Bertz CT molecular complexity index is 765. The van der Waals surface area contributed by atoms with Crippen LogP contribution in [0.2, 0.25) is 0 Å². The fourth-order valence-electron chi connectivity index (χ4n) is 2.14. The maximum absolute atomic E-state index is 11.0. The molecule has 0 aromatic heterocycles. The van der Waals surface area contributed by atoms with Gasteiger partial charge in [-0.25, -0.2) is 0 Å². The average Bonchev–Trinajstić information content (AvgIpc) is 3.32. The zero-order valence-electron chi connectivity index (χ0n) is 18.9. The monoisotopic (exact) mass is 582 g/mol. The van der Waals surface area contributed by atoms with Gasteiger partial charge in [0, 0.05) is 77.9 Å². The molecule has 0 saturated heterocycles. The highest BCUT2D eigenvalue weighted by Crippen LogP contribution is 2.10. The lowest BCUT2D eigenvalue weighted by atomic mass is 10.3. The van der Waals surface area contributed by atoms with Crippen molar-refractivity contribution >= 4 is 73.1 Å². The molecule has 2 aliphatic rings. The van der Waals surface area contributed by atoms with Crippen molar-refractivity contribution in [1.82, 2.24) is 20.4 Å². The number of hydrogen-bond donors (Lipinski definition) is 2. The molecule has 0 bridgehead atoms. The zero-order valence-corrected chi connectivity index (χ0v) is 22.3.